The van der Waals surface area contributed by atoms with Crippen LogP contribution >= 0.6 is 15.9 Å². The first-order valence-corrected chi connectivity index (χ1v) is 7.34. The fraction of sp³-hybridized carbons (Fsp3) is 0.429. The SMILES string of the molecule is CCC(CBr)CN1C(=O)C(=O)c2ccc(OC)cc21. The molecule has 1 aliphatic heterocycles. The molecule has 4 nitrogen and oxygen atoms in total. The smallest absolute Gasteiger partial charge is 0.299 e. The Labute approximate surface area is 120 Å². The van der Waals surface area contributed by atoms with Gasteiger partial charge in [-0.1, -0.05) is 29.3 Å². The molecule has 1 heterocycles. The van der Waals surface area contributed by atoms with E-state index in [0.717, 1.165) is 11.8 Å². The molecule has 0 fully saturated rings. The predicted molar refractivity (Wildman–Crippen MR) is 77.3 cm³/mol. The summed E-state index contributed by atoms with van der Waals surface area (Å²) in [7, 11) is 1.57. The molecule has 102 valence electrons. The van der Waals surface area contributed by atoms with Crippen molar-refractivity contribution in [2.75, 3.05) is 23.9 Å². The molecular weight excluding hydrogens is 310 g/mol. The maximum absolute atomic E-state index is 12.0. The van der Waals surface area contributed by atoms with Gasteiger partial charge in [-0.2, -0.15) is 0 Å². The average Bonchev–Trinajstić information content (AvgIpc) is 2.68. The number of Topliss-reactive ketones (excluding diaryl/α,β-unsaturated/α-hetero) is 1. The van der Waals surface area contributed by atoms with Crippen molar-refractivity contribution < 1.29 is 14.3 Å². The number of rotatable bonds is 5. The molecule has 1 aromatic carbocycles. The van der Waals surface area contributed by atoms with Crippen LogP contribution in [0.15, 0.2) is 18.2 Å². The molecular formula is C14H16BrNO3. The molecule has 1 aliphatic rings. The van der Waals surface area contributed by atoms with E-state index in [1.54, 1.807) is 30.2 Å². The fourth-order valence-corrected chi connectivity index (χ4v) is 2.79. The van der Waals surface area contributed by atoms with Crippen molar-refractivity contribution in [1.82, 2.24) is 0 Å². The summed E-state index contributed by atoms with van der Waals surface area (Å²) in [6, 6.07) is 5.11. The molecule has 1 atom stereocenters. The van der Waals surface area contributed by atoms with Crippen LogP contribution in [0.1, 0.15) is 23.7 Å². The number of methoxy groups -OCH3 is 1. The topological polar surface area (TPSA) is 46.6 Å². The van der Waals surface area contributed by atoms with Gasteiger partial charge < -0.3 is 9.64 Å². The third-order valence-electron chi connectivity index (χ3n) is 3.42. The molecule has 1 unspecified atom stereocenters. The monoisotopic (exact) mass is 325 g/mol. The lowest BCUT2D eigenvalue weighted by molar-refractivity contribution is -0.114. The Balaban J connectivity index is 2.36. The molecule has 19 heavy (non-hydrogen) atoms. The zero-order valence-electron chi connectivity index (χ0n) is 11.0. The first-order valence-electron chi connectivity index (χ1n) is 6.22. The Morgan fingerprint density at radius 3 is 2.68 bits per heavy atom. The van der Waals surface area contributed by atoms with Gasteiger partial charge in [0.05, 0.1) is 18.4 Å². The first kappa shape index (κ1) is 14.1. The molecule has 0 spiro atoms. The number of benzene rings is 1. The molecule has 0 saturated carbocycles. The summed E-state index contributed by atoms with van der Waals surface area (Å²) in [5, 5.41) is 0.806. The van der Waals surface area contributed by atoms with Crippen molar-refractivity contribution in [3.8, 4) is 5.75 Å². The van der Waals surface area contributed by atoms with E-state index in [9.17, 15) is 9.59 Å². The lowest BCUT2D eigenvalue weighted by Gasteiger charge is -2.21. The van der Waals surface area contributed by atoms with Crippen LogP contribution < -0.4 is 9.64 Å². The van der Waals surface area contributed by atoms with Gasteiger partial charge in [0.15, 0.2) is 0 Å². The van der Waals surface area contributed by atoms with Gasteiger partial charge in [0.2, 0.25) is 0 Å². The van der Waals surface area contributed by atoms with E-state index < -0.39 is 11.7 Å². The van der Waals surface area contributed by atoms with Crippen molar-refractivity contribution in [3.63, 3.8) is 0 Å². The van der Waals surface area contributed by atoms with Crippen LogP contribution in [0.3, 0.4) is 0 Å². The molecule has 0 saturated heterocycles. The molecule has 0 aliphatic carbocycles. The summed E-state index contributed by atoms with van der Waals surface area (Å²) >= 11 is 3.44. The number of hydrogen-bond donors (Lipinski definition) is 0. The summed E-state index contributed by atoms with van der Waals surface area (Å²) in [5.74, 6) is 0.108. The Morgan fingerprint density at radius 2 is 2.11 bits per heavy atom. The molecule has 1 aromatic rings. The van der Waals surface area contributed by atoms with Crippen LogP contribution in [0.2, 0.25) is 0 Å². The Bertz CT molecular complexity index is 511. The third-order valence-corrected chi connectivity index (χ3v) is 4.33. The highest BCUT2D eigenvalue weighted by Gasteiger charge is 2.36. The van der Waals surface area contributed by atoms with Crippen LogP contribution in [0.4, 0.5) is 5.69 Å². The standard InChI is InChI=1S/C14H16BrNO3/c1-3-9(7-15)8-16-12-6-10(19-2)4-5-11(12)13(17)14(16)18/h4-6,9H,3,7-8H2,1-2H3. The molecule has 0 aromatic heterocycles. The number of hydrogen-bond acceptors (Lipinski definition) is 3. The zero-order valence-corrected chi connectivity index (χ0v) is 12.6. The van der Waals surface area contributed by atoms with Gasteiger partial charge in [-0.05, 0) is 18.1 Å². The van der Waals surface area contributed by atoms with Gasteiger partial charge in [-0.15, -0.1) is 0 Å². The van der Waals surface area contributed by atoms with Crippen LogP contribution in [0, 0.1) is 5.92 Å². The second-order valence-corrected chi connectivity index (χ2v) is 5.20. The van der Waals surface area contributed by atoms with E-state index in [1.165, 1.54) is 0 Å². The van der Waals surface area contributed by atoms with Crippen molar-refractivity contribution in [2.24, 2.45) is 5.92 Å². The van der Waals surface area contributed by atoms with Gasteiger partial charge in [-0.3, -0.25) is 9.59 Å². The van der Waals surface area contributed by atoms with Gasteiger partial charge in [-0.25, -0.2) is 0 Å². The van der Waals surface area contributed by atoms with E-state index in [0.29, 0.717) is 29.5 Å². The average molecular weight is 326 g/mol. The minimum Gasteiger partial charge on any atom is -0.497 e. The zero-order chi connectivity index (χ0) is 14.0. The fourth-order valence-electron chi connectivity index (χ4n) is 2.13. The largest absolute Gasteiger partial charge is 0.497 e. The predicted octanol–water partition coefficient (Wildman–Crippen LogP) is 2.65. The van der Waals surface area contributed by atoms with E-state index in [1.807, 2.05) is 0 Å². The maximum Gasteiger partial charge on any atom is 0.299 e. The molecule has 5 heteroatoms. The van der Waals surface area contributed by atoms with Crippen LogP contribution in [-0.2, 0) is 4.79 Å². The van der Waals surface area contributed by atoms with E-state index >= 15 is 0 Å². The molecule has 1 amide bonds. The number of ketones is 1. The molecule has 0 bridgehead atoms. The van der Waals surface area contributed by atoms with Crippen LogP contribution in [0.5, 0.6) is 5.75 Å². The summed E-state index contributed by atoms with van der Waals surface area (Å²) in [4.78, 5) is 25.5. The van der Waals surface area contributed by atoms with E-state index in [-0.39, 0.29) is 0 Å². The summed E-state index contributed by atoms with van der Waals surface area (Å²) < 4.78 is 5.16. The summed E-state index contributed by atoms with van der Waals surface area (Å²) in [6.07, 6.45) is 0.947. The normalized spacial score (nSPS) is 15.6. The number of carbonyl (C=O) groups is 2. The number of nitrogens with zero attached hydrogens (tertiary/aromatic N) is 1. The second-order valence-electron chi connectivity index (χ2n) is 4.56. The molecule has 0 N–H and O–H groups in total. The highest BCUT2D eigenvalue weighted by atomic mass is 79.9. The molecule has 0 radical (unpaired) electrons. The Hall–Kier alpha value is -1.36. The lowest BCUT2D eigenvalue weighted by Crippen LogP contribution is -2.34. The summed E-state index contributed by atoms with van der Waals surface area (Å²) in [5.41, 5.74) is 1.13. The second kappa shape index (κ2) is 5.74. The highest BCUT2D eigenvalue weighted by Crippen LogP contribution is 2.33. The minimum absolute atomic E-state index is 0.328. The van der Waals surface area contributed by atoms with Crippen molar-refractivity contribution in [2.45, 2.75) is 13.3 Å². The number of halogens is 1. The van der Waals surface area contributed by atoms with E-state index in [2.05, 4.69) is 22.9 Å². The van der Waals surface area contributed by atoms with E-state index in [4.69, 9.17) is 4.74 Å². The number of alkyl halides is 1. The Kier molecular flexibility index (Phi) is 4.24. The van der Waals surface area contributed by atoms with Gasteiger partial charge in [0.25, 0.3) is 11.7 Å². The number of anilines is 1. The number of carbonyl (C=O) groups excluding carboxylic acids is 2. The lowest BCUT2D eigenvalue weighted by atomic mass is 10.1. The van der Waals surface area contributed by atoms with Crippen molar-refractivity contribution in [1.29, 1.82) is 0 Å². The highest BCUT2D eigenvalue weighted by molar-refractivity contribution is 9.09. The van der Waals surface area contributed by atoms with Gasteiger partial charge in [0.1, 0.15) is 5.75 Å². The Morgan fingerprint density at radius 1 is 1.37 bits per heavy atom. The quantitative estimate of drug-likeness (QED) is 0.617. The number of amides is 1. The van der Waals surface area contributed by atoms with Crippen LogP contribution in [-0.4, -0.2) is 30.7 Å². The third kappa shape index (κ3) is 2.52. The maximum atomic E-state index is 12.0. The summed E-state index contributed by atoms with van der Waals surface area (Å²) in [6.45, 7) is 2.62. The minimum atomic E-state index is -0.442. The first-order chi connectivity index (χ1) is 9.12. The van der Waals surface area contributed by atoms with Crippen LogP contribution in [0.25, 0.3) is 0 Å². The van der Waals surface area contributed by atoms with Gasteiger partial charge >= 0.3 is 0 Å². The van der Waals surface area contributed by atoms with Crippen molar-refractivity contribution in [3.05, 3.63) is 23.8 Å². The number of fused-ring (bicyclic) bond motifs is 1. The molecule has 2 rings (SSSR count). The van der Waals surface area contributed by atoms with Crippen molar-refractivity contribution >= 4 is 33.3 Å². The van der Waals surface area contributed by atoms with Gasteiger partial charge in [0, 0.05) is 17.9 Å². The number of ether oxygens (including phenoxy) is 1.